The van der Waals surface area contributed by atoms with Gasteiger partial charge in [0.15, 0.2) is 0 Å². The average molecular weight is 420 g/mol. The van der Waals surface area contributed by atoms with E-state index in [0.29, 0.717) is 49.9 Å². The topological polar surface area (TPSA) is 105 Å². The molecule has 3 rings (SSSR count). The fourth-order valence-corrected chi connectivity index (χ4v) is 4.62. The van der Waals surface area contributed by atoms with Crippen molar-refractivity contribution in [2.24, 2.45) is 0 Å². The summed E-state index contributed by atoms with van der Waals surface area (Å²) in [5.74, 6) is 0.805. The standard InChI is InChI=1S/C19H25N5O4S/c1-28-17-7-3-2-6-16(17)18(25)20-10-5-15-29(26,27)24-13-11-23(12-14-24)19-21-8-4-9-22-19/h2-4,6-9H,5,10-15H2,1H3,(H,20,25). The number of nitrogens with zero attached hydrogens (tertiary/aromatic N) is 4. The molecule has 0 saturated carbocycles. The summed E-state index contributed by atoms with van der Waals surface area (Å²) in [6.45, 7) is 2.16. The molecule has 0 bridgehead atoms. The van der Waals surface area contributed by atoms with Gasteiger partial charge in [0.2, 0.25) is 16.0 Å². The van der Waals surface area contributed by atoms with Crippen LogP contribution in [0.2, 0.25) is 0 Å². The van der Waals surface area contributed by atoms with Gasteiger partial charge in [0.25, 0.3) is 5.91 Å². The van der Waals surface area contributed by atoms with E-state index in [9.17, 15) is 13.2 Å². The number of aromatic nitrogens is 2. The first-order valence-electron chi connectivity index (χ1n) is 9.42. The number of hydrogen-bond acceptors (Lipinski definition) is 7. The maximum Gasteiger partial charge on any atom is 0.255 e. The van der Waals surface area contributed by atoms with Crippen LogP contribution >= 0.6 is 0 Å². The number of benzene rings is 1. The molecular formula is C19H25N5O4S. The lowest BCUT2D eigenvalue weighted by Crippen LogP contribution is -2.49. The molecule has 1 aliphatic heterocycles. The molecule has 1 fully saturated rings. The van der Waals surface area contributed by atoms with E-state index in [1.165, 1.54) is 11.4 Å². The highest BCUT2D eigenvalue weighted by atomic mass is 32.2. The molecule has 0 aliphatic carbocycles. The Hall–Kier alpha value is -2.72. The van der Waals surface area contributed by atoms with Gasteiger partial charge < -0.3 is 15.0 Å². The number of nitrogens with one attached hydrogen (secondary N) is 1. The quantitative estimate of drug-likeness (QED) is 0.630. The number of methoxy groups -OCH3 is 1. The van der Waals surface area contributed by atoms with Gasteiger partial charge >= 0.3 is 0 Å². The predicted octanol–water partition coefficient (Wildman–Crippen LogP) is 0.757. The van der Waals surface area contributed by atoms with E-state index in [1.807, 2.05) is 4.90 Å². The van der Waals surface area contributed by atoms with Crippen molar-refractivity contribution in [3.63, 3.8) is 0 Å². The third-order valence-electron chi connectivity index (χ3n) is 4.68. The lowest BCUT2D eigenvalue weighted by molar-refractivity contribution is 0.0950. The summed E-state index contributed by atoms with van der Waals surface area (Å²) in [6, 6.07) is 8.66. The predicted molar refractivity (Wildman–Crippen MR) is 110 cm³/mol. The van der Waals surface area contributed by atoms with Gasteiger partial charge in [-0.05, 0) is 24.6 Å². The van der Waals surface area contributed by atoms with Crippen LogP contribution in [0.25, 0.3) is 0 Å². The van der Waals surface area contributed by atoms with Gasteiger partial charge in [-0.2, -0.15) is 4.31 Å². The second kappa shape index (κ2) is 9.66. The molecule has 1 amide bonds. The minimum atomic E-state index is -3.37. The normalized spacial score (nSPS) is 15.1. The summed E-state index contributed by atoms with van der Waals surface area (Å²) in [4.78, 5) is 22.6. The molecule has 1 saturated heterocycles. The molecule has 9 nitrogen and oxygen atoms in total. The molecular weight excluding hydrogens is 394 g/mol. The van der Waals surface area contributed by atoms with Crippen molar-refractivity contribution in [1.82, 2.24) is 19.6 Å². The van der Waals surface area contributed by atoms with Crippen molar-refractivity contribution < 1.29 is 17.9 Å². The smallest absolute Gasteiger partial charge is 0.255 e. The zero-order chi connectivity index (χ0) is 20.7. The van der Waals surface area contributed by atoms with Gasteiger partial charge in [-0.15, -0.1) is 0 Å². The number of carbonyl (C=O) groups excluding carboxylic acids is 1. The first-order valence-corrected chi connectivity index (χ1v) is 11.0. The number of piperazine rings is 1. The van der Waals surface area contributed by atoms with Crippen LogP contribution in [0.4, 0.5) is 5.95 Å². The Morgan fingerprint density at radius 3 is 2.48 bits per heavy atom. The number of hydrogen-bond donors (Lipinski definition) is 1. The van der Waals surface area contributed by atoms with Crippen molar-refractivity contribution >= 4 is 21.9 Å². The Morgan fingerprint density at radius 1 is 1.10 bits per heavy atom. The maximum absolute atomic E-state index is 12.6. The van der Waals surface area contributed by atoms with Crippen molar-refractivity contribution in [2.45, 2.75) is 6.42 Å². The van der Waals surface area contributed by atoms with Gasteiger partial charge in [0.05, 0.1) is 18.4 Å². The summed E-state index contributed by atoms with van der Waals surface area (Å²) in [5.41, 5.74) is 0.428. The summed E-state index contributed by atoms with van der Waals surface area (Å²) < 4.78 is 31.8. The summed E-state index contributed by atoms with van der Waals surface area (Å²) in [7, 11) is -1.87. The highest BCUT2D eigenvalue weighted by molar-refractivity contribution is 7.89. The van der Waals surface area contributed by atoms with Gasteiger partial charge in [-0.3, -0.25) is 4.79 Å². The second-order valence-electron chi connectivity index (χ2n) is 6.56. The van der Waals surface area contributed by atoms with E-state index < -0.39 is 10.0 Å². The minimum Gasteiger partial charge on any atom is -0.496 e. The highest BCUT2D eigenvalue weighted by Gasteiger charge is 2.27. The van der Waals surface area contributed by atoms with E-state index in [4.69, 9.17) is 4.74 Å². The Balaban J connectivity index is 1.44. The molecule has 156 valence electrons. The van der Waals surface area contributed by atoms with Crippen LogP contribution in [-0.2, 0) is 10.0 Å². The monoisotopic (exact) mass is 419 g/mol. The molecule has 0 atom stereocenters. The van der Waals surface area contributed by atoms with Crippen LogP contribution in [-0.4, -0.2) is 74.2 Å². The molecule has 1 aliphatic rings. The lowest BCUT2D eigenvalue weighted by atomic mass is 10.2. The van der Waals surface area contributed by atoms with Crippen LogP contribution in [0.3, 0.4) is 0 Å². The number of sulfonamides is 1. The summed E-state index contributed by atoms with van der Waals surface area (Å²) >= 11 is 0. The number of carbonyl (C=O) groups is 1. The number of rotatable bonds is 8. The maximum atomic E-state index is 12.6. The van der Waals surface area contributed by atoms with E-state index >= 15 is 0 Å². The zero-order valence-electron chi connectivity index (χ0n) is 16.3. The van der Waals surface area contributed by atoms with Crippen LogP contribution in [0.15, 0.2) is 42.7 Å². The third-order valence-corrected chi connectivity index (χ3v) is 6.64. The average Bonchev–Trinajstić information content (AvgIpc) is 2.77. The van der Waals surface area contributed by atoms with E-state index in [1.54, 1.807) is 42.7 Å². The lowest BCUT2D eigenvalue weighted by Gasteiger charge is -2.33. The summed E-state index contributed by atoms with van der Waals surface area (Å²) in [5, 5.41) is 2.75. The van der Waals surface area contributed by atoms with E-state index in [-0.39, 0.29) is 18.2 Å². The van der Waals surface area contributed by atoms with E-state index in [2.05, 4.69) is 15.3 Å². The molecule has 10 heteroatoms. The Kier molecular flexibility index (Phi) is 6.99. The van der Waals surface area contributed by atoms with Crippen molar-refractivity contribution in [3.05, 3.63) is 48.3 Å². The number of ether oxygens (including phenoxy) is 1. The number of amides is 1. The second-order valence-corrected chi connectivity index (χ2v) is 8.65. The van der Waals surface area contributed by atoms with Crippen LogP contribution < -0.4 is 15.0 Å². The van der Waals surface area contributed by atoms with Crippen molar-refractivity contribution in [3.8, 4) is 5.75 Å². The first kappa shape index (κ1) is 21.0. The molecule has 0 spiro atoms. The fraction of sp³-hybridized carbons (Fsp3) is 0.421. The number of para-hydroxylation sites is 1. The molecule has 2 aromatic rings. The van der Waals surface area contributed by atoms with Crippen LogP contribution in [0.1, 0.15) is 16.8 Å². The van der Waals surface area contributed by atoms with Crippen LogP contribution in [0.5, 0.6) is 5.75 Å². The third kappa shape index (κ3) is 5.42. The minimum absolute atomic E-state index is 0.0129. The molecule has 29 heavy (non-hydrogen) atoms. The molecule has 0 radical (unpaired) electrons. The largest absolute Gasteiger partial charge is 0.496 e. The van der Waals surface area contributed by atoms with Gasteiger partial charge in [-0.25, -0.2) is 18.4 Å². The molecule has 0 unspecified atom stereocenters. The van der Waals surface area contributed by atoms with Crippen molar-refractivity contribution in [1.29, 1.82) is 0 Å². The first-order chi connectivity index (χ1) is 14.0. The SMILES string of the molecule is COc1ccccc1C(=O)NCCCS(=O)(=O)N1CCN(c2ncccn2)CC1. The van der Waals surface area contributed by atoms with E-state index in [0.717, 1.165) is 0 Å². The fourth-order valence-electron chi connectivity index (χ4n) is 3.13. The molecule has 1 aromatic carbocycles. The summed E-state index contributed by atoms with van der Waals surface area (Å²) in [6.07, 6.45) is 3.68. The van der Waals surface area contributed by atoms with Gasteiger partial charge in [0.1, 0.15) is 5.75 Å². The Bertz CT molecular complexity index is 915. The number of anilines is 1. The molecule has 2 heterocycles. The Morgan fingerprint density at radius 2 is 1.79 bits per heavy atom. The van der Waals surface area contributed by atoms with Crippen molar-refractivity contribution in [2.75, 3.05) is 50.5 Å². The molecule has 1 aromatic heterocycles. The Labute approximate surface area is 170 Å². The molecule has 1 N–H and O–H groups in total. The highest BCUT2D eigenvalue weighted by Crippen LogP contribution is 2.17. The van der Waals surface area contributed by atoms with Gasteiger partial charge in [-0.1, -0.05) is 12.1 Å². The van der Waals surface area contributed by atoms with Crippen LogP contribution in [0, 0.1) is 0 Å². The zero-order valence-corrected chi connectivity index (χ0v) is 17.1. The van der Waals surface area contributed by atoms with Gasteiger partial charge in [0, 0.05) is 45.1 Å².